The van der Waals surface area contributed by atoms with Gasteiger partial charge in [-0.1, -0.05) is 15.9 Å². The van der Waals surface area contributed by atoms with E-state index in [1.165, 1.54) is 20.2 Å². The zero-order valence-electron chi connectivity index (χ0n) is 15.5. The molecule has 144 valence electrons. The summed E-state index contributed by atoms with van der Waals surface area (Å²) in [5.41, 5.74) is 2.03. The van der Waals surface area contributed by atoms with E-state index >= 15 is 0 Å². The van der Waals surface area contributed by atoms with E-state index in [-0.39, 0.29) is 16.9 Å². The Morgan fingerprint density at radius 1 is 1.14 bits per heavy atom. The molecule has 3 aromatic rings. The summed E-state index contributed by atoms with van der Waals surface area (Å²) in [4.78, 5) is 39.9. The number of rotatable bonds is 4. The molecule has 1 aromatic heterocycles. The lowest BCUT2D eigenvalue weighted by molar-refractivity contribution is -0.114. The normalized spacial score (nSPS) is 10.6. The molecule has 0 atom stereocenters. The Morgan fingerprint density at radius 3 is 2.57 bits per heavy atom. The molecule has 0 saturated carbocycles. The fraction of sp³-hybridized carbons (Fsp3) is 0.150. The van der Waals surface area contributed by atoms with E-state index in [1.54, 1.807) is 24.3 Å². The number of carbonyl (C=O) groups excluding carboxylic acids is 2. The van der Waals surface area contributed by atoms with Gasteiger partial charge in [0.25, 0.3) is 5.91 Å². The van der Waals surface area contributed by atoms with Crippen LogP contribution in [0.5, 0.6) is 5.75 Å². The number of aromatic nitrogens is 1. The highest BCUT2D eigenvalue weighted by atomic mass is 79.9. The average Bonchev–Trinajstić information content (AvgIpc) is 2.62. The molecule has 0 saturated heterocycles. The van der Waals surface area contributed by atoms with Gasteiger partial charge in [0.05, 0.1) is 18.3 Å². The summed E-state index contributed by atoms with van der Waals surface area (Å²) < 4.78 is 5.95. The number of benzene rings is 2. The molecule has 0 aliphatic carbocycles. The van der Waals surface area contributed by atoms with E-state index in [2.05, 4.69) is 31.5 Å². The van der Waals surface area contributed by atoms with E-state index in [1.807, 2.05) is 13.0 Å². The number of nitrogens with one attached hydrogen (secondary N) is 3. The highest BCUT2D eigenvalue weighted by molar-refractivity contribution is 9.10. The number of fused-ring (bicyclic) bond motifs is 1. The first-order valence-corrected chi connectivity index (χ1v) is 9.18. The largest absolute Gasteiger partial charge is 0.495 e. The minimum absolute atomic E-state index is 0.0121. The van der Waals surface area contributed by atoms with Crippen molar-refractivity contribution in [2.24, 2.45) is 0 Å². The van der Waals surface area contributed by atoms with Crippen LogP contribution in [0.2, 0.25) is 0 Å². The van der Waals surface area contributed by atoms with Gasteiger partial charge in [-0.25, -0.2) is 0 Å². The Kier molecular flexibility index (Phi) is 5.51. The van der Waals surface area contributed by atoms with E-state index in [4.69, 9.17) is 4.74 Å². The van der Waals surface area contributed by atoms with Crippen molar-refractivity contribution in [1.82, 2.24) is 4.98 Å². The van der Waals surface area contributed by atoms with E-state index in [0.717, 1.165) is 10.0 Å². The van der Waals surface area contributed by atoms with Crippen LogP contribution in [0, 0.1) is 6.92 Å². The van der Waals surface area contributed by atoms with Gasteiger partial charge in [0.2, 0.25) is 11.3 Å². The van der Waals surface area contributed by atoms with Gasteiger partial charge in [-0.2, -0.15) is 0 Å². The Bertz CT molecular complexity index is 1150. The summed E-state index contributed by atoms with van der Waals surface area (Å²) in [6.07, 6.45) is 1.40. The standard InChI is InChI=1S/C20H18BrN3O4/c1-10-6-12(21)7-14-18(10)22-9-15(19(14)26)20(27)24-13-4-5-17(28-3)16(8-13)23-11(2)25/h4-9H,1-3H3,(H,22,26)(H,23,25)(H,24,27). The van der Waals surface area contributed by atoms with Gasteiger partial charge < -0.3 is 20.4 Å². The van der Waals surface area contributed by atoms with Gasteiger partial charge in [0.1, 0.15) is 11.3 Å². The zero-order valence-corrected chi connectivity index (χ0v) is 17.1. The van der Waals surface area contributed by atoms with Crippen LogP contribution in [0.25, 0.3) is 10.9 Å². The fourth-order valence-electron chi connectivity index (χ4n) is 2.91. The number of halogens is 1. The molecule has 3 N–H and O–H groups in total. The summed E-state index contributed by atoms with van der Waals surface area (Å²) >= 11 is 3.37. The van der Waals surface area contributed by atoms with Crippen LogP contribution in [0.4, 0.5) is 11.4 Å². The van der Waals surface area contributed by atoms with Crippen LogP contribution >= 0.6 is 15.9 Å². The molecule has 8 heteroatoms. The van der Waals surface area contributed by atoms with Crippen molar-refractivity contribution in [1.29, 1.82) is 0 Å². The number of ether oxygens (including phenoxy) is 1. The number of methoxy groups -OCH3 is 1. The molecule has 1 heterocycles. The Hall–Kier alpha value is -3.13. The van der Waals surface area contributed by atoms with Crippen molar-refractivity contribution in [3.63, 3.8) is 0 Å². The van der Waals surface area contributed by atoms with Crippen LogP contribution in [0.1, 0.15) is 22.8 Å². The number of hydrogen-bond acceptors (Lipinski definition) is 4. The minimum atomic E-state index is -0.556. The maximum Gasteiger partial charge on any atom is 0.261 e. The van der Waals surface area contributed by atoms with Crippen molar-refractivity contribution in [2.45, 2.75) is 13.8 Å². The van der Waals surface area contributed by atoms with E-state index in [9.17, 15) is 14.4 Å². The first kappa shape index (κ1) is 19.6. The number of pyridine rings is 1. The zero-order chi connectivity index (χ0) is 20.4. The monoisotopic (exact) mass is 443 g/mol. The molecular weight excluding hydrogens is 426 g/mol. The number of anilines is 2. The molecule has 28 heavy (non-hydrogen) atoms. The van der Waals surface area contributed by atoms with Crippen molar-refractivity contribution < 1.29 is 14.3 Å². The molecular formula is C20H18BrN3O4. The second-order valence-corrected chi connectivity index (χ2v) is 7.14. The van der Waals surface area contributed by atoms with Crippen LogP contribution in [0.3, 0.4) is 0 Å². The maximum absolute atomic E-state index is 12.8. The first-order chi connectivity index (χ1) is 13.3. The number of H-pyrrole nitrogens is 1. The number of aryl methyl sites for hydroxylation is 1. The smallest absolute Gasteiger partial charge is 0.261 e. The molecule has 2 amide bonds. The number of carbonyl (C=O) groups is 2. The van der Waals surface area contributed by atoms with Crippen molar-refractivity contribution in [2.75, 3.05) is 17.7 Å². The van der Waals surface area contributed by atoms with Crippen molar-refractivity contribution in [3.8, 4) is 5.75 Å². The predicted molar refractivity (Wildman–Crippen MR) is 112 cm³/mol. The third kappa shape index (κ3) is 3.91. The average molecular weight is 444 g/mol. The second kappa shape index (κ2) is 7.85. The highest BCUT2D eigenvalue weighted by Crippen LogP contribution is 2.28. The summed E-state index contributed by atoms with van der Waals surface area (Å²) in [6.45, 7) is 3.25. The second-order valence-electron chi connectivity index (χ2n) is 6.23. The molecule has 0 fully saturated rings. The number of amides is 2. The van der Waals surface area contributed by atoms with E-state index in [0.29, 0.717) is 28.0 Å². The summed E-state index contributed by atoms with van der Waals surface area (Å²) in [6, 6.07) is 8.37. The van der Waals surface area contributed by atoms with Gasteiger partial charge in [0, 0.05) is 28.7 Å². The highest BCUT2D eigenvalue weighted by Gasteiger charge is 2.15. The molecule has 0 unspecified atom stereocenters. The van der Waals surface area contributed by atoms with Gasteiger partial charge in [-0.15, -0.1) is 0 Å². The van der Waals surface area contributed by atoms with Crippen LogP contribution in [-0.2, 0) is 4.79 Å². The van der Waals surface area contributed by atoms with Crippen molar-refractivity contribution >= 4 is 50.0 Å². The van der Waals surface area contributed by atoms with Crippen LogP contribution in [-0.4, -0.2) is 23.9 Å². The lowest BCUT2D eigenvalue weighted by atomic mass is 10.1. The van der Waals surface area contributed by atoms with Crippen LogP contribution < -0.4 is 20.8 Å². The maximum atomic E-state index is 12.8. The molecule has 0 bridgehead atoms. The Balaban J connectivity index is 1.96. The fourth-order valence-corrected chi connectivity index (χ4v) is 3.48. The molecule has 7 nitrogen and oxygen atoms in total. The summed E-state index contributed by atoms with van der Waals surface area (Å²) in [5.74, 6) is -0.370. The molecule has 0 spiro atoms. The molecule has 2 aromatic carbocycles. The Labute approximate surface area is 169 Å². The van der Waals surface area contributed by atoms with Gasteiger partial charge in [0.15, 0.2) is 0 Å². The number of aromatic amines is 1. The third-order valence-electron chi connectivity index (χ3n) is 4.16. The molecule has 3 rings (SSSR count). The SMILES string of the molecule is COc1ccc(NC(=O)c2c[nH]c3c(C)cc(Br)cc3c2=O)cc1NC(C)=O. The summed E-state index contributed by atoms with van der Waals surface area (Å²) in [7, 11) is 1.48. The molecule has 0 aliphatic heterocycles. The Morgan fingerprint density at radius 2 is 1.89 bits per heavy atom. The predicted octanol–water partition coefficient (Wildman–Crippen LogP) is 3.82. The first-order valence-electron chi connectivity index (χ1n) is 8.38. The lowest BCUT2D eigenvalue weighted by Gasteiger charge is -2.12. The molecule has 0 aliphatic rings. The quantitative estimate of drug-likeness (QED) is 0.570. The minimum Gasteiger partial charge on any atom is -0.495 e. The molecule has 0 radical (unpaired) electrons. The number of hydrogen-bond donors (Lipinski definition) is 3. The topological polar surface area (TPSA) is 100 Å². The van der Waals surface area contributed by atoms with Crippen LogP contribution in [0.15, 0.2) is 45.8 Å². The van der Waals surface area contributed by atoms with Gasteiger partial charge in [-0.05, 0) is 42.8 Å². The van der Waals surface area contributed by atoms with E-state index < -0.39 is 5.91 Å². The van der Waals surface area contributed by atoms with Gasteiger partial charge in [-0.3, -0.25) is 14.4 Å². The lowest BCUT2D eigenvalue weighted by Crippen LogP contribution is -2.22. The van der Waals surface area contributed by atoms with Crippen molar-refractivity contribution in [3.05, 3.63) is 62.4 Å². The summed E-state index contributed by atoms with van der Waals surface area (Å²) in [5, 5.41) is 5.74. The third-order valence-corrected chi connectivity index (χ3v) is 4.62. The van der Waals surface area contributed by atoms with Gasteiger partial charge >= 0.3 is 0 Å².